The van der Waals surface area contributed by atoms with Crippen molar-refractivity contribution in [3.05, 3.63) is 80.7 Å². The van der Waals surface area contributed by atoms with Crippen molar-refractivity contribution in [3.8, 4) is 0 Å². The van der Waals surface area contributed by atoms with Crippen LogP contribution in [0.25, 0.3) is 11.0 Å². The summed E-state index contributed by atoms with van der Waals surface area (Å²) in [6.07, 6.45) is -1.56. The molecule has 0 saturated carbocycles. The Balaban J connectivity index is 1.57. The molecule has 0 bridgehead atoms. The SMILES string of the molecule is O=C(OCc1cc(=O)oc2cc3c(cc12)CCC3)c1ccc(C(F)(F)F)cc1. The molecule has 0 saturated heterocycles. The zero-order chi connectivity index (χ0) is 19.9. The molecule has 1 aromatic heterocycles. The van der Waals surface area contributed by atoms with Crippen LogP contribution in [0.4, 0.5) is 13.2 Å². The van der Waals surface area contributed by atoms with Gasteiger partial charge in [-0.2, -0.15) is 13.2 Å². The monoisotopic (exact) mass is 388 g/mol. The zero-order valence-corrected chi connectivity index (χ0v) is 14.6. The molecule has 0 fully saturated rings. The summed E-state index contributed by atoms with van der Waals surface area (Å²) in [4.78, 5) is 24.0. The maximum absolute atomic E-state index is 12.6. The number of esters is 1. The Morgan fingerprint density at radius 2 is 1.71 bits per heavy atom. The number of benzene rings is 2. The zero-order valence-electron chi connectivity index (χ0n) is 14.6. The van der Waals surface area contributed by atoms with Gasteiger partial charge in [0.2, 0.25) is 0 Å². The molecule has 144 valence electrons. The first-order valence-corrected chi connectivity index (χ1v) is 8.74. The van der Waals surface area contributed by atoms with Crippen LogP contribution < -0.4 is 5.63 Å². The number of ether oxygens (including phenoxy) is 1. The largest absolute Gasteiger partial charge is 0.457 e. The molecule has 0 unspecified atom stereocenters. The van der Waals surface area contributed by atoms with Crippen LogP contribution in [0.15, 0.2) is 51.7 Å². The lowest BCUT2D eigenvalue weighted by molar-refractivity contribution is -0.137. The lowest BCUT2D eigenvalue weighted by atomic mass is 10.0. The highest BCUT2D eigenvalue weighted by atomic mass is 19.4. The van der Waals surface area contributed by atoms with E-state index in [2.05, 4.69) is 0 Å². The summed E-state index contributed by atoms with van der Waals surface area (Å²) in [5.74, 6) is -0.767. The van der Waals surface area contributed by atoms with E-state index in [0.29, 0.717) is 16.5 Å². The number of alkyl halides is 3. The van der Waals surface area contributed by atoms with Crippen LogP contribution in [-0.4, -0.2) is 5.97 Å². The van der Waals surface area contributed by atoms with Crippen LogP contribution >= 0.6 is 0 Å². The molecular formula is C21H15F3O4. The summed E-state index contributed by atoms with van der Waals surface area (Å²) in [6, 6.07) is 8.84. The third-order valence-electron chi connectivity index (χ3n) is 4.85. The van der Waals surface area contributed by atoms with Gasteiger partial charge in [-0.1, -0.05) is 0 Å². The number of carbonyl (C=O) groups is 1. The van der Waals surface area contributed by atoms with Crippen molar-refractivity contribution in [2.45, 2.75) is 32.0 Å². The highest BCUT2D eigenvalue weighted by Crippen LogP contribution is 2.30. The van der Waals surface area contributed by atoms with Gasteiger partial charge in [0, 0.05) is 17.0 Å². The summed E-state index contributed by atoms with van der Waals surface area (Å²) in [6.45, 7) is -0.180. The van der Waals surface area contributed by atoms with E-state index in [4.69, 9.17) is 9.15 Å². The molecule has 3 aromatic rings. The Labute approximate surface area is 157 Å². The molecule has 4 nitrogen and oxygen atoms in total. The van der Waals surface area contributed by atoms with Gasteiger partial charge in [0.1, 0.15) is 12.2 Å². The average Bonchev–Trinajstić information content (AvgIpc) is 3.11. The molecule has 7 heteroatoms. The minimum Gasteiger partial charge on any atom is -0.457 e. The molecule has 4 rings (SSSR count). The van der Waals surface area contributed by atoms with Crippen LogP contribution in [0.3, 0.4) is 0 Å². The van der Waals surface area contributed by atoms with Crippen molar-refractivity contribution in [1.82, 2.24) is 0 Å². The average molecular weight is 388 g/mol. The second kappa shape index (κ2) is 6.82. The third-order valence-corrected chi connectivity index (χ3v) is 4.85. The topological polar surface area (TPSA) is 56.5 Å². The van der Waals surface area contributed by atoms with E-state index in [1.54, 1.807) is 0 Å². The molecule has 28 heavy (non-hydrogen) atoms. The van der Waals surface area contributed by atoms with Crippen molar-refractivity contribution in [2.75, 3.05) is 0 Å². The first-order valence-electron chi connectivity index (χ1n) is 8.74. The maximum Gasteiger partial charge on any atom is 0.416 e. The Kier molecular flexibility index (Phi) is 4.45. The molecule has 0 radical (unpaired) electrons. The number of carbonyl (C=O) groups excluding carboxylic acids is 1. The van der Waals surface area contributed by atoms with Gasteiger partial charge < -0.3 is 9.15 Å². The normalized spacial score (nSPS) is 13.5. The lowest BCUT2D eigenvalue weighted by Gasteiger charge is -2.10. The molecule has 1 aliphatic rings. The Morgan fingerprint density at radius 3 is 2.39 bits per heavy atom. The van der Waals surface area contributed by atoms with E-state index in [1.807, 2.05) is 12.1 Å². The number of hydrogen-bond donors (Lipinski definition) is 0. The van der Waals surface area contributed by atoms with E-state index in [0.717, 1.165) is 49.1 Å². The molecule has 0 N–H and O–H groups in total. The molecule has 0 atom stereocenters. The fourth-order valence-electron chi connectivity index (χ4n) is 3.44. The summed E-state index contributed by atoms with van der Waals surface area (Å²) in [7, 11) is 0. The van der Waals surface area contributed by atoms with Crippen LogP contribution in [0.5, 0.6) is 0 Å². The van der Waals surface area contributed by atoms with Gasteiger partial charge in [0.05, 0.1) is 11.1 Å². The highest BCUT2D eigenvalue weighted by molar-refractivity contribution is 5.89. The summed E-state index contributed by atoms with van der Waals surface area (Å²) < 4.78 is 48.3. The second-order valence-corrected chi connectivity index (χ2v) is 6.71. The van der Waals surface area contributed by atoms with E-state index >= 15 is 0 Å². The van der Waals surface area contributed by atoms with E-state index in [9.17, 15) is 22.8 Å². The lowest BCUT2D eigenvalue weighted by Crippen LogP contribution is -2.09. The Hall–Kier alpha value is -3.09. The van der Waals surface area contributed by atoms with Crippen molar-refractivity contribution in [3.63, 3.8) is 0 Å². The van der Waals surface area contributed by atoms with Crippen molar-refractivity contribution in [2.24, 2.45) is 0 Å². The first kappa shape index (κ1) is 18.3. The summed E-state index contributed by atoms with van der Waals surface area (Å²) in [5.41, 5.74) is 1.87. The van der Waals surface area contributed by atoms with Crippen LogP contribution in [0.2, 0.25) is 0 Å². The van der Waals surface area contributed by atoms with Gasteiger partial charge in [0.25, 0.3) is 0 Å². The fraction of sp³-hybridized carbons (Fsp3) is 0.238. The Morgan fingerprint density at radius 1 is 1.04 bits per heavy atom. The summed E-state index contributed by atoms with van der Waals surface area (Å²) >= 11 is 0. The Bertz CT molecular complexity index is 1110. The third kappa shape index (κ3) is 3.52. The van der Waals surface area contributed by atoms with Crippen LogP contribution in [0, 0.1) is 0 Å². The smallest absolute Gasteiger partial charge is 0.416 e. The number of halogens is 3. The van der Waals surface area contributed by atoms with E-state index < -0.39 is 23.3 Å². The molecule has 0 amide bonds. The van der Waals surface area contributed by atoms with Gasteiger partial charge >= 0.3 is 17.8 Å². The molecule has 0 aliphatic heterocycles. The minimum absolute atomic E-state index is 0.00108. The maximum atomic E-state index is 12.6. The van der Waals surface area contributed by atoms with E-state index in [-0.39, 0.29) is 12.2 Å². The molecule has 2 aromatic carbocycles. The van der Waals surface area contributed by atoms with Crippen molar-refractivity contribution >= 4 is 16.9 Å². The first-order chi connectivity index (χ1) is 13.3. The second-order valence-electron chi connectivity index (χ2n) is 6.71. The molecule has 1 heterocycles. The van der Waals surface area contributed by atoms with Crippen LogP contribution in [0.1, 0.15) is 39.0 Å². The van der Waals surface area contributed by atoms with Gasteiger partial charge in [-0.3, -0.25) is 0 Å². The van der Waals surface area contributed by atoms with Gasteiger partial charge in [-0.15, -0.1) is 0 Å². The number of hydrogen-bond acceptors (Lipinski definition) is 4. The molecular weight excluding hydrogens is 373 g/mol. The highest BCUT2D eigenvalue weighted by Gasteiger charge is 2.30. The predicted octanol–water partition coefficient (Wildman–Crippen LogP) is 4.66. The van der Waals surface area contributed by atoms with Gasteiger partial charge in [-0.05, 0) is 66.8 Å². The standard InChI is InChI=1S/C21H15F3O4/c22-21(23,24)16-6-4-12(5-7-16)20(26)27-11-15-10-19(25)28-18-9-14-3-1-2-13(14)8-17(15)18/h4-10H,1-3,11H2. The van der Waals surface area contributed by atoms with Crippen molar-refractivity contribution < 1.29 is 27.1 Å². The van der Waals surface area contributed by atoms with Crippen molar-refractivity contribution in [1.29, 1.82) is 0 Å². The minimum atomic E-state index is -4.47. The summed E-state index contributed by atoms with van der Waals surface area (Å²) in [5, 5.41) is 0.695. The number of rotatable bonds is 3. The van der Waals surface area contributed by atoms with Gasteiger partial charge in [0.15, 0.2) is 0 Å². The molecule has 1 aliphatic carbocycles. The van der Waals surface area contributed by atoms with Gasteiger partial charge in [-0.25, -0.2) is 9.59 Å². The number of aryl methyl sites for hydroxylation is 2. The van der Waals surface area contributed by atoms with E-state index in [1.165, 1.54) is 11.6 Å². The number of fused-ring (bicyclic) bond motifs is 2. The van der Waals surface area contributed by atoms with Crippen LogP contribution in [-0.2, 0) is 30.4 Å². The fourth-order valence-corrected chi connectivity index (χ4v) is 3.44. The predicted molar refractivity (Wildman–Crippen MR) is 95.1 cm³/mol. The quantitative estimate of drug-likeness (QED) is 0.484. The molecule has 0 spiro atoms.